The molecule has 0 atom stereocenters. The SMILES string of the molecule is O=C(O)c1ccc(-c2ccc[nH]2)cc1. The summed E-state index contributed by atoms with van der Waals surface area (Å²) in [6.45, 7) is 0. The van der Waals surface area contributed by atoms with Gasteiger partial charge < -0.3 is 10.1 Å². The fourth-order valence-electron chi connectivity index (χ4n) is 1.30. The Labute approximate surface area is 81.0 Å². The fourth-order valence-corrected chi connectivity index (χ4v) is 1.30. The van der Waals surface area contributed by atoms with E-state index in [0.29, 0.717) is 5.56 Å². The quantitative estimate of drug-likeness (QED) is 0.758. The van der Waals surface area contributed by atoms with Crippen LogP contribution in [0, 0.1) is 0 Å². The highest BCUT2D eigenvalue weighted by molar-refractivity contribution is 5.88. The average molecular weight is 187 g/mol. The van der Waals surface area contributed by atoms with Crippen molar-refractivity contribution in [3.05, 3.63) is 48.2 Å². The predicted octanol–water partition coefficient (Wildman–Crippen LogP) is 2.38. The van der Waals surface area contributed by atoms with Crippen LogP contribution >= 0.6 is 0 Å². The number of hydrogen-bond acceptors (Lipinski definition) is 1. The van der Waals surface area contributed by atoms with Crippen LogP contribution in [0.2, 0.25) is 0 Å². The van der Waals surface area contributed by atoms with Crippen LogP contribution in [0.4, 0.5) is 0 Å². The number of benzene rings is 1. The van der Waals surface area contributed by atoms with Crippen molar-refractivity contribution in [3.63, 3.8) is 0 Å². The van der Waals surface area contributed by atoms with Crippen molar-refractivity contribution >= 4 is 5.97 Å². The molecule has 0 bridgehead atoms. The van der Waals surface area contributed by atoms with Gasteiger partial charge in [-0.25, -0.2) is 4.79 Å². The van der Waals surface area contributed by atoms with E-state index in [9.17, 15) is 4.79 Å². The van der Waals surface area contributed by atoms with E-state index in [-0.39, 0.29) is 0 Å². The molecule has 0 aliphatic rings. The highest BCUT2D eigenvalue weighted by atomic mass is 16.4. The summed E-state index contributed by atoms with van der Waals surface area (Å²) >= 11 is 0. The number of hydrogen-bond donors (Lipinski definition) is 2. The van der Waals surface area contributed by atoms with Gasteiger partial charge in [-0.3, -0.25) is 0 Å². The third-order valence-corrected chi connectivity index (χ3v) is 2.04. The van der Waals surface area contributed by atoms with Crippen molar-refractivity contribution in [1.82, 2.24) is 4.98 Å². The van der Waals surface area contributed by atoms with Gasteiger partial charge in [0.2, 0.25) is 0 Å². The van der Waals surface area contributed by atoms with Crippen LogP contribution < -0.4 is 0 Å². The smallest absolute Gasteiger partial charge is 0.335 e. The molecular formula is C11H9NO2. The lowest BCUT2D eigenvalue weighted by Crippen LogP contribution is -1.94. The minimum Gasteiger partial charge on any atom is -0.478 e. The summed E-state index contributed by atoms with van der Waals surface area (Å²) in [6.07, 6.45) is 1.83. The summed E-state index contributed by atoms with van der Waals surface area (Å²) in [5.41, 5.74) is 2.28. The van der Waals surface area contributed by atoms with Gasteiger partial charge in [0.25, 0.3) is 0 Å². The van der Waals surface area contributed by atoms with Crippen molar-refractivity contribution in [2.24, 2.45) is 0 Å². The lowest BCUT2D eigenvalue weighted by Gasteiger charge is -1.98. The van der Waals surface area contributed by atoms with Crippen LogP contribution in [0.1, 0.15) is 10.4 Å². The lowest BCUT2D eigenvalue weighted by molar-refractivity contribution is 0.0697. The van der Waals surface area contributed by atoms with Gasteiger partial charge in [-0.05, 0) is 29.8 Å². The van der Waals surface area contributed by atoms with Crippen LogP contribution in [0.25, 0.3) is 11.3 Å². The Hall–Kier alpha value is -2.03. The zero-order valence-corrected chi connectivity index (χ0v) is 7.40. The van der Waals surface area contributed by atoms with Crippen LogP contribution in [0.3, 0.4) is 0 Å². The summed E-state index contributed by atoms with van der Waals surface area (Å²) in [4.78, 5) is 13.6. The molecule has 0 amide bonds. The molecular weight excluding hydrogens is 178 g/mol. The fraction of sp³-hybridized carbons (Fsp3) is 0. The number of H-pyrrole nitrogens is 1. The van der Waals surface area contributed by atoms with Crippen molar-refractivity contribution in [2.75, 3.05) is 0 Å². The van der Waals surface area contributed by atoms with Gasteiger partial charge in [-0.15, -0.1) is 0 Å². The highest BCUT2D eigenvalue weighted by Crippen LogP contribution is 2.17. The monoisotopic (exact) mass is 187 g/mol. The summed E-state index contributed by atoms with van der Waals surface area (Å²) in [6, 6.07) is 10.6. The molecule has 3 nitrogen and oxygen atoms in total. The summed E-state index contributed by atoms with van der Waals surface area (Å²) < 4.78 is 0. The Kier molecular flexibility index (Phi) is 2.07. The van der Waals surface area contributed by atoms with E-state index in [1.54, 1.807) is 24.3 Å². The number of carboxylic acids is 1. The molecule has 14 heavy (non-hydrogen) atoms. The lowest BCUT2D eigenvalue weighted by atomic mass is 10.1. The highest BCUT2D eigenvalue weighted by Gasteiger charge is 2.02. The summed E-state index contributed by atoms with van der Waals surface area (Å²) in [7, 11) is 0. The molecule has 2 rings (SSSR count). The van der Waals surface area contributed by atoms with Crippen LogP contribution in [0.5, 0.6) is 0 Å². The third-order valence-electron chi connectivity index (χ3n) is 2.04. The second-order valence-corrected chi connectivity index (χ2v) is 2.97. The minimum absolute atomic E-state index is 0.306. The molecule has 0 radical (unpaired) electrons. The molecule has 1 aromatic heterocycles. The Balaban J connectivity index is 2.36. The topological polar surface area (TPSA) is 53.1 Å². The van der Waals surface area contributed by atoms with E-state index >= 15 is 0 Å². The molecule has 1 heterocycles. The zero-order chi connectivity index (χ0) is 9.97. The molecule has 70 valence electrons. The first-order valence-electron chi connectivity index (χ1n) is 4.24. The van der Waals surface area contributed by atoms with E-state index in [4.69, 9.17) is 5.11 Å². The maximum Gasteiger partial charge on any atom is 0.335 e. The van der Waals surface area contributed by atoms with Crippen LogP contribution in [-0.4, -0.2) is 16.1 Å². The minimum atomic E-state index is -0.900. The molecule has 0 aliphatic carbocycles. The number of nitrogens with one attached hydrogen (secondary N) is 1. The maximum atomic E-state index is 10.6. The number of carboxylic acid groups (broad SMARTS) is 1. The third kappa shape index (κ3) is 1.52. The van der Waals surface area contributed by atoms with E-state index in [2.05, 4.69) is 4.98 Å². The van der Waals surface area contributed by atoms with E-state index in [0.717, 1.165) is 11.3 Å². The van der Waals surface area contributed by atoms with Gasteiger partial charge in [0.05, 0.1) is 5.56 Å². The largest absolute Gasteiger partial charge is 0.478 e. The Morgan fingerprint density at radius 3 is 2.36 bits per heavy atom. The normalized spacial score (nSPS) is 10.0. The van der Waals surface area contributed by atoms with Crippen molar-refractivity contribution in [1.29, 1.82) is 0 Å². The van der Waals surface area contributed by atoms with Gasteiger partial charge in [0.15, 0.2) is 0 Å². The van der Waals surface area contributed by atoms with E-state index < -0.39 is 5.97 Å². The van der Waals surface area contributed by atoms with Gasteiger partial charge in [0, 0.05) is 11.9 Å². The second-order valence-electron chi connectivity index (χ2n) is 2.97. The molecule has 2 aromatic rings. The van der Waals surface area contributed by atoms with Crippen molar-refractivity contribution in [2.45, 2.75) is 0 Å². The van der Waals surface area contributed by atoms with Gasteiger partial charge in [0.1, 0.15) is 0 Å². The van der Waals surface area contributed by atoms with Crippen LogP contribution in [-0.2, 0) is 0 Å². The average Bonchev–Trinajstić information content (AvgIpc) is 2.71. The number of rotatable bonds is 2. The Morgan fingerprint density at radius 1 is 1.14 bits per heavy atom. The molecule has 0 saturated carbocycles. The number of aromatic amines is 1. The van der Waals surface area contributed by atoms with Crippen molar-refractivity contribution in [3.8, 4) is 11.3 Å². The first-order chi connectivity index (χ1) is 6.77. The molecule has 0 unspecified atom stereocenters. The zero-order valence-electron chi connectivity index (χ0n) is 7.40. The first-order valence-corrected chi connectivity index (χ1v) is 4.24. The molecule has 2 N–H and O–H groups in total. The van der Waals surface area contributed by atoms with E-state index in [1.165, 1.54) is 0 Å². The van der Waals surface area contributed by atoms with Gasteiger partial charge in [-0.2, -0.15) is 0 Å². The standard InChI is InChI=1S/C11H9NO2/c13-11(14)9-5-3-8(4-6-9)10-2-1-7-12-10/h1-7,12H,(H,13,14). The van der Waals surface area contributed by atoms with E-state index in [1.807, 2.05) is 18.3 Å². The predicted molar refractivity (Wildman–Crippen MR) is 53.2 cm³/mol. The molecule has 0 spiro atoms. The number of aromatic carboxylic acids is 1. The number of carbonyl (C=O) groups is 1. The Bertz CT molecular complexity index is 429. The van der Waals surface area contributed by atoms with Gasteiger partial charge in [-0.1, -0.05) is 12.1 Å². The van der Waals surface area contributed by atoms with Crippen molar-refractivity contribution < 1.29 is 9.90 Å². The molecule has 3 heteroatoms. The molecule has 0 saturated heterocycles. The summed E-state index contributed by atoms with van der Waals surface area (Å²) in [5, 5.41) is 8.70. The molecule has 1 aromatic carbocycles. The van der Waals surface area contributed by atoms with Crippen LogP contribution in [0.15, 0.2) is 42.6 Å². The molecule has 0 aliphatic heterocycles. The summed E-state index contributed by atoms with van der Waals surface area (Å²) in [5.74, 6) is -0.900. The number of aromatic nitrogens is 1. The second kappa shape index (κ2) is 3.38. The Morgan fingerprint density at radius 2 is 1.86 bits per heavy atom. The van der Waals surface area contributed by atoms with Gasteiger partial charge >= 0.3 is 5.97 Å². The maximum absolute atomic E-state index is 10.6. The molecule has 0 fully saturated rings. The first kappa shape index (κ1) is 8.56.